The number of carbonyl (C=O) groups is 1. The fourth-order valence-corrected chi connectivity index (χ4v) is 4.13. The van der Waals surface area contributed by atoms with E-state index in [0.29, 0.717) is 27.8 Å². The SMILES string of the molecule is O=C1c2oc3ccc(Br)cc3c(=O)c2C(c2ccc(O)cc2)N1c1ccccc1. The number of hydrogen-bond donors (Lipinski definition) is 1. The van der Waals surface area contributed by atoms with Gasteiger partial charge in [0, 0.05) is 10.2 Å². The van der Waals surface area contributed by atoms with Gasteiger partial charge in [0.2, 0.25) is 5.76 Å². The average molecular weight is 448 g/mol. The largest absolute Gasteiger partial charge is 0.508 e. The van der Waals surface area contributed by atoms with Crippen molar-refractivity contribution >= 4 is 38.5 Å². The van der Waals surface area contributed by atoms with E-state index < -0.39 is 6.04 Å². The van der Waals surface area contributed by atoms with Gasteiger partial charge in [-0.2, -0.15) is 0 Å². The van der Waals surface area contributed by atoms with E-state index >= 15 is 0 Å². The van der Waals surface area contributed by atoms with Crippen LogP contribution >= 0.6 is 15.9 Å². The van der Waals surface area contributed by atoms with Crippen LogP contribution in [0.3, 0.4) is 0 Å². The number of halogens is 1. The van der Waals surface area contributed by atoms with Crippen molar-refractivity contribution in [3.63, 3.8) is 0 Å². The van der Waals surface area contributed by atoms with E-state index in [0.717, 1.165) is 4.47 Å². The predicted octanol–water partition coefficient (Wildman–Crippen LogP) is 5.01. The highest BCUT2D eigenvalue weighted by Crippen LogP contribution is 2.41. The van der Waals surface area contributed by atoms with Crippen LogP contribution < -0.4 is 10.3 Å². The summed E-state index contributed by atoms with van der Waals surface area (Å²) in [4.78, 5) is 28.3. The molecule has 0 bridgehead atoms. The van der Waals surface area contributed by atoms with Crippen LogP contribution in [-0.2, 0) is 0 Å². The molecule has 5 nitrogen and oxygen atoms in total. The number of rotatable bonds is 2. The quantitative estimate of drug-likeness (QED) is 0.468. The summed E-state index contributed by atoms with van der Waals surface area (Å²) in [6.45, 7) is 0. The van der Waals surface area contributed by atoms with Crippen LogP contribution in [0, 0.1) is 0 Å². The molecule has 0 radical (unpaired) electrons. The van der Waals surface area contributed by atoms with E-state index in [1.165, 1.54) is 0 Å². The topological polar surface area (TPSA) is 70.8 Å². The molecule has 4 aromatic rings. The van der Waals surface area contributed by atoms with Crippen molar-refractivity contribution in [2.45, 2.75) is 6.04 Å². The van der Waals surface area contributed by atoms with Crippen molar-refractivity contribution in [2.24, 2.45) is 0 Å². The summed E-state index contributed by atoms with van der Waals surface area (Å²) < 4.78 is 6.67. The molecule has 0 fully saturated rings. The van der Waals surface area contributed by atoms with Gasteiger partial charge < -0.3 is 9.52 Å². The number of aromatic hydroxyl groups is 1. The normalized spacial score (nSPS) is 15.7. The highest BCUT2D eigenvalue weighted by atomic mass is 79.9. The molecule has 6 heteroatoms. The van der Waals surface area contributed by atoms with Crippen LogP contribution in [0.15, 0.2) is 86.5 Å². The van der Waals surface area contributed by atoms with Crippen molar-refractivity contribution in [3.8, 4) is 5.75 Å². The molecule has 1 amide bonds. The zero-order valence-corrected chi connectivity index (χ0v) is 16.6. The molecule has 1 aliphatic heterocycles. The van der Waals surface area contributed by atoms with Crippen LogP contribution in [0.25, 0.3) is 11.0 Å². The summed E-state index contributed by atoms with van der Waals surface area (Å²) in [5, 5.41) is 10.1. The van der Waals surface area contributed by atoms with Gasteiger partial charge in [-0.25, -0.2) is 0 Å². The van der Waals surface area contributed by atoms with Crippen LogP contribution in [0.1, 0.15) is 27.7 Å². The molecule has 1 aromatic heterocycles. The minimum absolute atomic E-state index is 0.0479. The fourth-order valence-electron chi connectivity index (χ4n) is 3.77. The van der Waals surface area contributed by atoms with Crippen LogP contribution in [-0.4, -0.2) is 11.0 Å². The van der Waals surface area contributed by atoms with Gasteiger partial charge in [-0.1, -0.05) is 46.3 Å². The first-order chi connectivity index (χ1) is 14.0. The molecule has 2 heterocycles. The van der Waals surface area contributed by atoms with Gasteiger partial charge in [-0.15, -0.1) is 0 Å². The fraction of sp³-hybridized carbons (Fsp3) is 0.0435. The number of amides is 1. The minimum Gasteiger partial charge on any atom is -0.508 e. The summed E-state index contributed by atoms with van der Waals surface area (Å²) >= 11 is 3.39. The first-order valence-corrected chi connectivity index (χ1v) is 9.77. The standard InChI is InChI=1S/C23H14BrNO4/c24-14-8-11-18-17(12-14)21(27)19-20(13-6-9-16(26)10-7-13)25(23(28)22(19)29-18)15-4-2-1-3-5-15/h1-12,20,26H. The Labute approximate surface area is 174 Å². The Balaban J connectivity index is 1.83. The molecule has 5 rings (SSSR count). The summed E-state index contributed by atoms with van der Waals surface area (Å²) in [5.74, 6) is -0.211. The van der Waals surface area contributed by atoms with Crippen molar-refractivity contribution in [3.05, 3.63) is 104 Å². The maximum atomic E-state index is 13.4. The molecule has 1 atom stereocenters. The third-order valence-electron chi connectivity index (χ3n) is 5.08. The lowest BCUT2D eigenvalue weighted by Crippen LogP contribution is -2.29. The van der Waals surface area contributed by atoms with Gasteiger partial charge in [-0.05, 0) is 48.0 Å². The molecule has 1 N–H and O–H groups in total. The third kappa shape index (κ3) is 2.76. The van der Waals surface area contributed by atoms with Gasteiger partial charge in [0.25, 0.3) is 5.91 Å². The Bertz CT molecular complexity index is 1310. The zero-order valence-electron chi connectivity index (χ0n) is 15.0. The summed E-state index contributed by atoms with van der Waals surface area (Å²) in [6.07, 6.45) is 0. The number of fused-ring (bicyclic) bond motifs is 2. The smallest absolute Gasteiger partial charge is 0.295 e. The summed E-state index contributed by atoms with van der Waals surface area (Å²) in [7, 11) is 0. The first kappa shape index (κ1) is 17.7. The molecule has 142 valence electrons. The highest BCUT2D eigenvalue weighted by molar-refractivity contribution is 9.10. The minimum atomic E-state index is -0.653. The number of benzene rings is 3. The van der Waals surface area contributed by atoms with Crippen molar-refractivity contribution in [1.82, 2.24) is 0 Å². The maximum Gasteiger partial charge on any atom is 0.295 e. The Kier molecular flexibility index (Phi) is 4.03. The Morgan fingerprint density at radius 1 is 0.931 bits per heavy atom. The van der Waals surface area contributed by atoms with Gasteiger partial charge >= 0.3 is 0 Å². The monoisotopic (exact) mass is 447 g/mol. The van der Waals surface area contributed by atoms with E-state index in [1.807, 2.05) is 30.3 Å². The first-order valence-electron chi connectivity index (χ1n) is 8.98. The Morgan fingerprint density at radius 2 is 1.66 bits per heavy atom. The molecular weight excluding hydrogens is 434 g/mol. The van der Waals surface area contributed by atoms with Crippen LogP contribution in [0.2, 0.25) is 0 Å². The number of hydrogen-bond acceptors (Lipinski definition) is 4. The van der Waals surface area contributed by atoms with Gasteiger partial charge in [0.15, 0.2) is 5.43 Å². The van der Waals surface area contributed by atoms with Gasteiger partial charge in [-0.3, -0.25) is 14.5 Å². The van der Waals surface area contributed by atoms with Crippen molar-refractivity contribution in [2.75, 3.05) is 4.90 Å². The van der Waals surface area contributed by atoms with Gasteiger partial charge in [0.05, 0.1) is 17.0 Å². The Morgan fingerprint density at radius 3 is 2.38 bits per heavy atom. The number of phenols is 1. The molecule has 1 unspecified atom stereocenters. The molecule has 29 heavy (non-hydrogen) atoms. The lowest BCUT2D eigenvalue weighted by Gasteiger charge is -2.25. The second-order valence-electron chi connectivity index (χ2n) is 6.82. The molecule has 0 spiro atoms. The molecule has 0 saturated heterocycles. The highest BCUT2D eigenvalue weighted by Gasteiger charge is 2.43. The van der Waals surface area contributed by atoms with Crippen molar-refractivity contribution in [1.29, 1.82) is 0 Å². The summed E-state index contributed by atoms with van der Waals surface area (Å²) in [5.41, 5.74) is 1.79. The zero-order chi connectivity index (χ0) is 20.1. The third-order valence-corrected chi connectivity index (χ3v) is 5.57. The number of carbonyl (C=O) groups excluding carboxylic acids is 1. The van der Waals surface area contributed by atoms with E-state index in [-0.39, 0.29) is 22.8 Å². The average Bonchev–Trinajstić information content (AvgIpc) is 3.03. The van der Waals surface area contributed by atoms with E-state index in [1.54, 1.807) is 47.4 Å². The Hall–Kier alpha value is -3.38. The van der Waals surface area contributed by atoms with E-state index in [2.05, 4.69) is 15.9 Å². The second-order valence-corrected chi connectivity index (χ2v) is 7.73. The maximum absolute atomic E-state index is 13.4. The molecule has 3 aromatic carbocycles. The number of anilines is 1. The molecular formula is C23H14BrNO4. The van der Waals surface area contributed by atoms with Crippen molar-refractivity contribution < 1.29 is 14.3 Å². The molecule has 1 aliphatic rings. The lowest BCUT2D eigenvalue weighted by atomic mass is 9.98. The lowest BCUT2D eigenvalue weighted by molar-refractivity contribution is 0.0971. The molecule has 0 saturated carbocycles. The van der Waals surface area contributed by atoms with E-state index in [9.17, 15) is 14.7 Å². The van der Waals surface area contributed by atoms with E-state index in [4.69, 9.17) is 4.42 Å². The van der Waals surface area contributed by atoms with Crippen LogP contribution in [0.5, 0.6) is 5.75 Å². The molecule has 0 aliphatic carbocycles. The number of nitrogens with zero attached hydrogens (tertiary/aromatic N) is 1. The second kappa shape index (κ2) is 6.60. The van der Waals surface area contributed by atoms with Gasteiger partial charge in [0.1, 0.15) is 11.3 Å². The summed E-state index contributed by atoms with van der Waals surface area (Å²) in [6, 6.07) is 20.2. The van der Waals surface area contributed by atoms with Crippen LogP contribution in [0.4, 0.5) is 5.69 Å². The number of phenolic OH excluding ortho intramolecular Hbond substituents is 1. The predicted molar refractivity (Wildman–Crippen MR) is 113 cm³/mol. The number of para-hydroxylation sites is 1.